The number of nitrogens with zero attached hydrogens (tertiary/aromatic N) is 8. The second kappa shape index (κ2) is 6.99. The Hall–Kier alpha value is -4.53. The number of imidazole rings is 1. The van der Waals surface area contributed by atoms with Crippen LogP contribution in [-0.4, -0.2) is 28.9 Å². The van der Waals surface area contributed by atoms with Gasteiger partial charge in [-0.15, -0.1) is 0 Å². The number of hydrogen-bond acceptors (Lipinski definition) is 6. The van der Waals surface area contributed by atoms with E-state index in [1.165, 1.54) is 0 Å². The minimum atomic E-state index is -0.0451. The fraction of sp³-hybridized carbons (Fsp3) is 0.0833. The van der Waals surface area contributed by atoms with E-state index in [1.807, 2.05) is 64.4 Å². The van der Waals surface area contributed by atoms with E-state index in [0.29, 0.717) is 39.3 Å². The van der Waals surface area contributed by atoms with E-state index >= 15 is 0 Å². The first-order valence-corrected chi connectivity index (χ1v) is 10.6. The number of fused-ring (bicyclic) bond motifs is 7. The zero-order valence-electron chi connectivity index (χ0n) is 17.3. The second-order valence-corrected chi connectivity index (χ2v) is 7.91. The van der Waals surface area contributed by atoms with Gasteiger partial charge in [0, 0.05) is 11.4 Å². The molecule has 0 saturated heterocycles. The molecule has 0 amide bonds. The monoisotopic (exact) mass is 448 g/mol. The normalized spacial score (nSPS) is 11.4. The molecule has 0 unspecified atom stereocenters. The minimum absolute atomic E-state index is 0.0380. The average Bonchev–Trinajstić information content (AvgIpc) is 3.37. The zero-order chi connectivity index (χ0) is 22.7. The van der Waals surface area contributed by atoms with Gasteiger partial charge < -0.3 is 0 Å². The Bertz CT molecular complexity index is 1850. The van der Waals surface area contributed by atoms with Gasteiger partial charge in [0.1, 0.15) is 23.5 Å². The predicted molar refractivity (Wildman–Crippen MR) is 124 cm³/mol. The SMILES string of the molecule is CCc1nc2c(c3nc(C#N)c(C#N)nc3n2-c2cccc(Cl)c2)c2nc3ccccc3n12. The first kappa shape index (κ1) is 19.2. The third kappa shape index (κ3) is 2.62. The van der Waals surface area contributed by atoms with Gasteiger partial charge in [0.05, 0.1) is 22.1 Å². The molecule has 2 aromatic carbocycles. The van der Waals surface area contributed by atoms with Crippen LogP contribution in [0.15, 0.2) is 48.5 Å². The first-order chi connectivity index (χ1) is 16.1. The predicted octanol–water partition coefficient (Wildman–Crippen LogP) is 4.73. The molecule has 4 heterocycles. The fourth-order valence-electron chi connectivity index (χ4n) is 4.26. The molecule has 0 saturated carbocycles. The molecular weight excluding hydrogens is 436 g/mol. The number of hydrogen-bond donors (Lipinski definition) is 0. The van der Waals surface area contributed by atoms with E-state index in [-0.39, 0.29) is 11.4 Å². The maximum absolute atomic E-state index is 9.59. The molecule has 0 aliphatic carbocycles. The summed E-state index contributed by atoms with van der Waals surface area (Å²) in [4.78, 5) is 19.0. The van der Waals surface area contributed by atoms with Gasteiger partial charge in [-0.25, -0.2) is 19.9 Å². The van der Waals surface area contributed by atoms with Gasteiger partial charge in [-0.3, -0.25) is 8.97 Å². The molecule has 8 nitrogen and oxygen atoms in total. The molecule has 0 aliphatic rings. The summed E-state index contributed by atoms with van der Waals surface area (Å²) in [5, 5.41) is 20.4. The number of rotatable bonds is 2. The van der Waals surface area contributed by atoms with Crippen LogP contribution in [0.4, 0.5) is 0 Å². The van der Waals surface area contributed by atoms with E-state index in [4.69, 9.17) is 21.6 Å². The second-order valence-electron chi connectivity index (χ2n) is 7.47. The van der Waals surface area contributed by atoms with Crippen molar-refractivity contribution in [2.24, 2.45) is 0 Å². The topological polar surface area (TPSA) is 108 Å². The highest BCUT2D eigenvalue weighted by atomic mass is 35.5. The van der Waals surface area contributed by atoms with Crippen molar-refractivity contribution in [3.05, 3.63) is 70.8 Å². The molecule has 33 heavy (non-hydrogen) atoms. The van der Waals surface area contributed by atoms with Crippen molar-refractivity contribution in [1.82, 2.24) is 28.9 Å². The minimum Gasteiger partial charge on any atom is -0.280 e. The summed E-state index contributed by atoms with van der Waals surface area (Å²) in [6.07, 6.45) is 0.664. The molecule has 156 valence electrons. The molecule has 0 spiro atoms. The van der Waals surface area contributed by atoms with E-state index in [9.17, 15) is 10.5 Å². The highest BCUT2D eigenvalue weighted by Gasteiger charge is 2.24. The van der Waals surface area contributed by atoms with Crippen molar-refractivity contribution in [2.75, 3.05) is 0 Å². The molecule has 6 rings (SSSR count). The van der Waals surface area contributed by atoms with Crippen LogP contribution in [0, 0.1) is 22.7 Å². The Labute approximate surface area is 191 Å². The summed E-state index contributed by atoms with van der Waals surface area (Å²) in [6, 6.07) is 19.1. The van der Waals surface area contributed by atoms with Gasteiger partial charge >= 0.3 is 0 Å². The quantitative estimate of drug-likeness (QED) is 0.379. The van der Waals surface area contributed by atoms with Crippen molar-refractivity contribution in [1.29, 1.82) is 10.5 Å². The lowest BCUT2D eigenvalue weighted by Crippen LogP contribution is -2.03. The Balaban J connectivity index is 1.93. The van der Waals surface area contributed by atoms with Gasteiger partial charge in [0.15, 0.2) is 28.3 Å². The molecule has 0 aliphatic heterocycles. The van der Waals surface area contributed by atoms with Crippen molar-refractivity contribution >= 4 is 50.5 Å². The first-order valence-electron chi connectivity index (χ1n) is 10.2. The van der Waals surface area contributed by atoms with Gasteiger partial charge in [-0.1, -0.05) is 36.7 Å². The van der Waals surface area contributed by atoms with Crippen molar-refractivity contribution < 1.29 is 0 Å². The van der Waals surface area contributed by atoms with Gasteiger partial charge in [0.25, 0.3) is 0 Å². The Kier molecular flexibility index (Phi) is 4.06. The van der Waals surface area contributed by atoms with E-state index in [2.05, 4.69) is 9.97 Å². The number of aryl methyl sites for hydroxylation is 1. The third-order valence-electron chi connectivity index (χ3n) is 5.63. The van der Waals surface area contributed by atoms with Crippen LogP contribution in [0.1, 0.15) is 24.1 Å². The van der Waals surface area contributed by atoms with Crippen LogP contribution >= 0.6 is 11.6 Å². The highest BCUT2D eigenvalue weighted by molar-refractivity contribution is 6.30. The molecule has 6 aromatic rings. The van der Waals surface area contributed by atoms with Crippen LogP contribution in [-0.2, 0) is 6.42 Å². The van der Waals surface area contributed by atoms with Crippen molar-refractivity contribution in [2.45, 2.75) is 13.3 Å². The van der Waals surface area contributed by atoms with Gasteiger partial charge in [-0.2, -0.15) is 10.5 Å². The summed E-state index contributed by atoms with van der Waals surface area (Å²) in [6.45, 7) is 2.03. The largest absolute Gasteiger partial charge is 0.280 e. The highest BCUT2D eigenvalue weighted by Crippen LogP contribution is 2.34. The third-order valence-corrected chi connectivity index (χ3v) is 5.87. The van der Waals surface area contributed by atoms with E-state index < -0.39 is 0 Å². The molecule has 4 aromatic heterocycles. The van der Waals surface area contributed by atoms with Crippen molar-refractivity contribution in [3.63, 3.8) is 0 Å². The maximum atomic E-state index is 9.59. The Morgan fingerprint density at radius 2 is 1.67 bits per heavy atom. The number of para-hydroxylation sites is 2. The smallest absolute Gasteiger partial charge is 0.179 e. The summed E-state index contributed by atoms with van der Waals surface area (Å²) in [5.74, 6) is 0.818. The summed E-state index contributed by atoms with van der Waals surface area (Å²) >= 11 is 6.30. The van der Waals surface area contributed by atoms with Crippen molar-refractivity contribution in [3.8, 4) is 17.8 Å². The maximum Gasteiger partial charge on any atom is 0.179 e. The molecule has 0 N–H and O–H groups in total. The van der Waals surface area contributed by atoms with Gasteiger partial charge in [-0.05, 0) is 30.3 Å². The summed E-state index contributed by atoms with van der Waals surface area (Å²) in [5.41, 5.74) is 4.53. The molecule has 9 heteroatoms. The zero-order valence-corrected chi connectivity index (χ0v) is 18.0. The Morgan fingerprint density at radius 1 is 0.879 bits per heavy atom. The summed E-state index contributed by atoms with van der Waals surface area (Å²) < 4.78 is 3.84. The number of benzene rings is 2. The van der Waals surface area contributed by atoms with Crippen LogP contribution in [0.2, 0.25) is 5.02 Å². The van der Waals surface area contributed by atoms with Crippen LogP contribution in [0.3, 0.4) is 0 Å². The standard InChI is InChI=1S/C24H13ClN8/c1-2-19-31-23-20(22-29-15-8-3-4-9-18(15)33(19)22)21-24(30-17(12-27)16(11-26)28-21)32(23)14-7-5-6-13(25)10-14/h3-10H,2H2,1H3. The molecule has 0 bridgehead atoms. The van der Waals surface area contributed by atoms with E-state index in [0.717, 1.165) is 22.5 Å². The lowest BCUT2D eigenvalue weighted by Gasteiger charge is -2.09. The van der Waals surface area contributed by atoms with Gasteiger partial charge in [0.2, 0.25) is 0 Å². The molecule has 0 radical (unpaired) electrons. The fourth-order valence-corrected chi connectivity index (χ4v) is 4.44. The average molecular weight is 449 g/mol. The Morgan fingerprint density at radius 3 is 2.42 bits per heavy atom. The van der Waals surface area contributed by atoms with Crippen LogP contribution in [0.5, 0.6) is 0 Å². The van der Waals surface area contributed by atoms with Crippen LogP contribution in [0.25, 0.3) is 44.6 Å². The molecular formula is C24H13ClN8. The van der Waals surface area contributed by atoms with E-state index in [1.54, 1.807) is 12.1 Å². The van der Waals surface area contributed by atoms with Crippen LogP contribution < -0.4 is 0 Å². The lowest BCUT2D eigenvalue weighted by atomic mass is 10.3. The molecule has 0 fully saturated rings. The number of halogens is 1. The molecule has 0 atom stereocenters. The lowest BCUT2D eigenvalue weighted by molar-refractivity contribution is 0.917. The number of nitriles is 2. The summed E-state index contributed by atoms with van der Waals surface area (Å²) in [7, 11) is 0. The number of aromatic nitrogens is 6.